The molecule has 0 aromatic heterocycles. The summed E-state index contributed by atoms with van der Waals surface area (Å²) in [5.41, 5.74) is -0.323. The number of carbonyl (C=O) groups is 1. The van der Waals surface area contributed by atoms with E-state index >= 15 is 0 Å². The average Bonchev–Trinajstić information content (AvgIpc) is 2.55. The minimum atomic E-state index is -0.591. The Morgan fingerprint density at radius 2 is 2.21 bits per heavy atom. The number of hydrogen-bond acceptors (Lipinski definition) is 6. The molecule has 0 unspecified atom stereocenters. The highest BCUT2D eigenvalue weighted by Crippen LogP contribution is 2.34. The van der Waals surface area contributed by atoms with Gasteiger partial charge >= 0.3 is 0 Å². The number of rotatable bonds is 6. The summed E-state index contributed by atoms with van der Waals surface area (Å²) in [6, 6.07) is 2.55. The van der Waals surface area contributed by atoms with E-state index in [9.17, 15) is 14.9 Å². The molecule has 0 aliphatic carbocycles. The fourth-order valence-corrected chi connectivity index (χ4v) is 2.55. The molecule has 1 fully saturated rings. The van der Waals surface area contributed by atoms with Gasteiger partial charge in [-0.25, -0.2) is 0 Å². The summed E-state index contributed by atoms with van der Waals surface area (Å²) in [6.45, 7) is 3.73. The number of nitrogens with one attached hydrogen (secondary N) is 2. The smallest absolute Gasteiger partial charge is 0.286 e. The zero-order valence-corrected chi connectivity index (χ0v) is 14.5. The second kappa shape index (κ2) is 9.29. The molecule has 1 heterocycles. The molecule has 8 nitrogen and oxygen atoms in total. The Hall–Kier alpha value is -2.06. The fraction of sp³-hybridized carbons (Fsp3) is 0.533. The number of halogens is 1. The number of nitro benzene ring substituents is 1. The molecule has 0 saturated carbocycles. The van der Waals surface area contributed by atoms with E-state index in [1.54, 1.807) is 6.92 Å². The lowest BCUT2D eigenvalue weighted by Gasteiger charge is -2.23. The molecule has 2 rings (SSSR count). The number of hydrogen-bond donors (Lipinski definition) is 2. The molecule has 134 valence electrons. The van der Waals surface area contributed by atoms with Crippen LogP contribution in [0.1, 0.15) is 30.1 Å². The summed E-state index contributed by atoms with van der Waals surface area (Å²) in [6.07, 6.45) is 1.81. The second-order valence-electron chi connectivity index (χ2n) is 5.23. The first-order valence-electron chi connectivity index (χ1n) is 7.57. The number of methoxy groups -OCH3 is 1. The summed E-state index contributed by atoms with van der Waals surface area (Å²) in [4.78, 5) is 23.1. The maximum absolute atomic E-state index is 12.5. The maximum Gasteiger partial charge on any atom is 0.286 e. The topological polar surface area (TPSA) is 103 Å². The highest BCUT2D eigenvalue weighted by atomic mass is 35.5. The maximum atomic E-state index is 12.5. The molecule has 1 aromatic carbocycles. The Kier molecular flexibility index (Phi) is 7.73. The number of carbonyl (C=O) groups excluding carboxylic acids is 1. The Morgan fingerprint density at radius 3 is 2.75 bits per heavy atom. The van der Waals surface area contributed by atoms with Crippen molar-refractivity contribution in [3.63, 3.8) is 0 Å². The van der Waals surface area contributed by atoms with Gasteiger partial charge in [0, 0.05) is 18.7 Å². The number of benzene rings is 1. The van der Waals surface area contributed by atoms with Crippen LogP contribution >= 0.6 is 12.4 Å². The van der Waals surface area contributed by atoms with Crippen molar-refractivity contribution >= 4 is 24.0 Å². The van der Waals surface area contributed by atoms with E-state index in [0.29, 0.717) is 18.9 Å². The van der Waals surface area contributed by atoms with Gasteiger partial charge < -0.3 is 20.1 Å². The minimum Gasteiger partial charge on any atom is -0.493 e. The third-order valence-corrected chi connectivity index (χ3v) is 3.66. The zero-order valence-electron chi connectivity index (χ0n) is 13.7. The van der Waals surface area contributed by atoms with Gasteiger partial charge in [0.25, 0.3) is 11.6 Å². The van der Waals surface area contributed by atoms with Crippen molar-refractivity contribution in [3.8, 4) is 11.5 Å². The van der Waals surface area contributed by atoms with Crippen molar-refractivity contribution in [2.75, 3.05) is 26.8 Å². The number of nitrogens with zero attached hydrogens (tertiary/aromatic N) is 1. The predicted octanol–water partition coefficient (Wildman–Crippen LogP) is 1.91. The standard InChI is InChI=1S/C15H21N3O5.ClH/c1-3-23-14-7-11(12(18(20)21)8-13(14)22-2)15(19)17-10-5-4-6-16-9-10;/h7-8,10,16H,3-6,9H2,1-2H3,(H,17,19);1H/t10-;/m0./s1. The van der Waals surface area contributed by atoms with Crippen molar-refractivity contribution in [1.82, 2.24) is 10.6 Å². The van der Waals surface area contributed by atoms with E-state index in [0.717, 1.165) is 19.4 Å². The van der Waals surface area contributed by atoms with Crippen LogP contribution in [0.15, 0.2) is 12.1 Å². The molecule has 1 aliphatic rings. The molecule has 24 heavy (non-hydrogen) atoms. The summed E-state index contributed by atoms with van der Waals surface area (Å²) in [5.74, 6) is 0.0657. The zero-order chi connectivity index (χ0) is 16.8. The number of amides is 1. The molecule has 2 N–H and O–H groups in total. The van der Waals surface area contributed by atoms with Crippen LogP contribution in [0.5, 0.6) is 11.5 Å². The monoisotopic (exact) mass is 359 g/mol. The number of nitro groups is 1. The first kappa shape index (κ1) is 20.0. The van der Waals surface area contributed by atoms with Gasteiger partial charge in [-0.15, -0.1) is 12.4 Å². The van der Waals surface area contributed by atoms with Crippen LogP contribution in [0.4, 0.5) is 5.69 Å². The molecule has 1 amide bonds. The molecular formula is C15H22ClN3O5. The van der Waals surface area contributed by atoms with Gasteiger partial charge in [-0.3, -0.25) is 14.9 Å². The van der Waals surface area contributed by atoms with E-state index in [1.165, 1.54) is 19.2 Å². The highest BCUT2D eigenvalue weighted by Gasteiger charge is 2.26. The summed E-state index contributed by atoms with van der Waals surface area (Å²) >= 11 is 0. The highest BCUT2D eigenvalue weighted by molar-refractivity contribution is 5.99. The number of piperidine rings is 1. The van der Waals surface area contributed by atoms with Gasteiger partial charge in [-0.05, 0) is 26.3 Å². The lowest BCUT2D eigenvalue weighted by atomic mass is 10.1. The van der Waals surface area contributed by atoms with Gasteiger partial charge in [0.2, 0.25) is 0 Å². The first-order chi connectivity index (χ1) is 11.1. The van der Waals surface area contributed by atoms with Crippen LogP contribution in [0.25, 0.3) is 0 Å². The Morgan fingerprint density at radius 1 is 1.46 bits per heavy atom. The van der Waals surface area contributed by atoms with Crippen molar-refractivity contribution in [1.29, 1.82) is 0 Å². The van der Waals surface area contributed by atoms with Crippen LogP contribution in [0.2, 0.25) is 0 Å². The summed E-state index contributed by atoms with van der Waals surface area (Å²) < 4.78 is 10.5. The van der Waals surface area contributed by atoms with E-state index in [4.69, 9.17) is 9.47 Å². The molecule has 0 radical (unpaired) electrons. The Labute approximate surface area is 146 Å². The lowest BCUT2D eigenvalue weighted by molar-refractivity contribution is -0.385. The molecule has 1 saturated heterocycles. The number of ether oxygens (including phenoxy) is 2. The third-order valence-electron chi connectivity index (χ3n) is 3.66. The summed E-state index contributed by atoms with van der Waals surface area (Å²) in [5, 5.41) is 17.3. The van der Waals surface area contributed by atoms with Crippen molar-refractivity contribution < 1.29 is 19.2 Å². The lowest BCUT2D eigenvalue weighted by Crippen LogP contribution is -2.45. The Balaban J connectivity index is 0.00000288. The van der Waals surface area contributed by atoms with Gasteiger partial charge in [0.05, 0.1) is 24.7 Å². The third kappa shape index (κ3) is 4.72. The largest absolute Gasteiger partial charge is 0.493 e. The molecule has 1 atom stereocenters. The minimum absolute atomic E-state index is 0. The van der Waals surface area contributed by atoms with Crippen molar-refractivity contribution in [2.45, 2.75) is 25.8 Å². The molecule has 0 spiro atoms. The van der Waals surface area contributed by atoms with Crippen molar-refractivity contribution in [3.05, 3.63) is 27.8 Å². The SMILES string of the molecule is CCOc1cc(C(=O)N[C@H]2CCCNC2)c([N+](=O)[O-])cc1OC.Cl. The van der Waals surface area contributed by atoms with Gasteiger partial charge in [0.15, 0.2) is 11.5 Å². The van der Waals surface area contributed by atoms with Crippen LogP contribution in [-0.4, -0.2) is 43.7 Å². The molecule has 0 bridgehead atoms. The van der Waals surface area contributed by atoms with Crippen molar-refractivity contribution in [2.24, 2.45) is 0 Å². The van der Waals surface area contributed by atoms with Gasteiger partial charge in [0.1, 0.15) is 5.56 Å². The van der Waals surface area contributed by atoms with Gasteiger partial charge in [-0.2, -0.15) is 0 Å². The van der Waals surface area contributed by atoms with Crippen LogP contribution < -0.4 is 20.1 Å². The van der Waals surface area contributed by atoms with Crippen LogP contribution in [0, 0.1) is 10.1 Å². The predicted molar refractivity (Wildman–Crippen MR) is 91.4 cm³/mol. The summed E-state index contributed by atoms with van der Waals surface area (Å²) in [7, 11) is 1.40. The van der Waals surface area contributed by atoms with E-state index in [-0.39, 0.29) is 35.4 Å². The van der Waals surface area contributed by atoms with E-state index < -0.39 is 10.8 Å². The van der Waals surface area contributed by atoms with E-state index in [2.05, 4.69) is 10.6 Å². The Bertz CT molecular complexity index is 591. The normalized spacial score (nSPS) is 16.7. The molecular weight excluding hydrogens is 338 g/mol. The first-order valence-corrected chi connectivity index (χ1v) is 7.57. The van der Waals surface area contributed by atoms with Gasteiger partial charge in [-0.1, -0.05) is 0 Å². The molecule has 1 aromatic rings. The average molecular weight is 360 g/mol. The fourth-order valence-electron chi connectivity index (χ4n) is 2.55. The van der Waals surface area contributed by atoms with E-state index in [1.807, 2.05) is 0 Å². The quantitative estimate of drug-likeness (QED) is 0.594. The van der Waals surface area contributed by atoms with Crippen LogP contribution in [0.3, 0.4) is 0 Å². The molecule has 9 heteroatoms. The molecule has 1 aliphatic heterocycles. The van der Waals surface area contributed by atoms with Crippen LogP contribution in [-0.2, 0) is 0 Å². The second-order valence-corrected chi connectivity index (χ2v) is 5.23.